The predicted molar refractivity (Wildman–Crippen MR) is 95.0 cm³/mol. The van der Waals surface area contributed by atoms with E-state index in [1.807, 2.05) is 0 Å². The van der Waals surface area contributed by atoms with Gasteiger partial charge in [-0.05, 0) is 66.7 Å². The minimum Gasteiger partial charge on any atom is -0.457 e. The van der Waals surface area contributed by atoms with Gasteiger partial charge in [-0.1, -0.05) is 13.8 Å². The highest BCUT2D eigenvalue weighted by Gasteiger charge is 2.89. The van der Waals surface area contributed by atoms with Crippen LogP contribution in [0, 0.1) is 16.2 Å². The maximum atomic E-state index is 12.6. The molecule has 2 saturated heterocycles. The maximum Gasteiger partial charge on any atom is 0.464 e. The Balaban J connectivity index is 1.41. The Labute approximate surface area is 151 Å². The number of esters is 1. The third-order valence-electron chi connectivity index (χ3n) is 9.76. The maximum absolute atomic E-state index is 12.6. The summed E-state index contributed by atoms with van der Waals surface area (Å²) in [5.41, 5.74) is -1.10. The second kappa shape index (κ2) is 3.85. The number of hydrogen-bond donors (Lipinski definition) is 0. The first-order valence-corrected chi connectivity index (χ1v) is 9.86. The minimum atomic E-state index is -0.320. The van der Waals surface area contributed by atoms with E-state index in [9.17, 15) is 4.79 Å². The summed E-state index contributed by atoms with van der Waals surface area (Å²) < 4.78 is 18.9. The van der Waals surface area contributed by atoms with Crippen LogP contribution in [-0.4, -0.2) is 29.9 Å². The fourth-order valence-electron chi connectivity index (χ4n) is 6.98. The van der Waals surface area contributed by atoms with Crippen LogP contribution in [0.5, 0.6) is 0 Å². The molecule has 4 nitrogen and oxygen atoms in total. The van der Waals surface area contributed by atoms with Gasteiger partial charge in [0.1, 0.15) is 5.60 Å². The average Bonchev–Trinajstić information content (AvgIpc) is 2.75. The highest BCUT2D eigenvalue weighted by molar-refractivity contribution is 6.51. The number of ether oxygens (including phenoxy) is 1. The largest absolute Gasteiger partial charge is 0.464 e. The molecule has 6 aliphatic rings. The molecule has 4 aliphatic carbocycles. The van der Waals surface area contributed by atoms with E-state index in [4.69, 9.17) is 14.0 Å². The predicted octanol–water partition coefficient (Wildman–Crippen LogP) is 4.12. The van der Waals surface area contributed by atoms with Crippen LogP contribution in [0.1, 0.15) is 80.6 Å². The van der Waals surface area contributed by atoms with Gasteiger partial charge < -0.3 is 14.0 Å². The molecule has 0 spiro atoms. The van der Waals surface area contributed by atoms with E-state index in [0.717, 1.165) is 32.1 Å². The third kappa shape index (κ3) is 1.41. The number of rotatable bonds is 2. The van der Waals surface area contributed by atoms with Crippen LogP contribution in [0.4, 0.5) is 0 Å². The van der Waals surface area contributed by atoms with Crippen molar-refractivity contribution in [3.8, 4) is 0 Å². The van der Waals surface area contributed by atoms with Gasteiger partial charge in [0, 0.05) is 16.1 Å². The van der Waals surface area contributed by atoms with Crippen LogP contribution in [0.2, 0.25) is 5.31 Å². The smallest absolute Gasteiger partial charge is 0.457 e. The van der Waals surface area contributed by atoms with Crippen LogP contribution in [-0.2, 0) is 18.8 Å². The second-order valence-electron chi connectivity index (χ2n) is 11.4. The Morgan fingerprint density at radius 2 is 1.36 bits per heavy atom. The lowest BCUT2D eigenvalue weighted by molar-refractivity contribution is -0.263. The van der Waals surface area contributed by atoms with Crippen molar-refractivity contribution in [3.05, 3.63) is 0 Å². The minimum absolute atomic E-state index is 0.0261. The SMILES string of the molecule is CC1(C)OB(C23CC([C@@]45CC[C@@](C)(C(=O)O4)C5(C)C)(C2)C3)OC1(C)C. The first-order chi connectivity index (χ1) is 11.3. The average molecular weight is 346 g/mol. The van der Waals surface area contributed by atoms with E-state index in [1.165, 1.54) is 0 Å². The van der Waals surface area contributed by atoms with Crippen LogP contribution in [0.3, 0.4) is 0 Å². The molecular formula is C20H31BO4. The van der Waals surface area contributed by atoms with E-state index < -0.39 is 0 Å². The van der Waals surface area contributed by atoms with Crippen LogP contribution in [0.15, 0.2) is 0 Å². The molecule has 0 aromatic rings. The summed E-state index contributed by atoms with van der Waals surface area (Å²) in [6.07, 6.45) is 5.20. The lowest BCUT2D eigenvalue weighted by Gasteiger charge is -2.76. The van der Waals surface area contributed by atoms with E-state index in [0.29, 0.717) is 0 Å². The van der Waals surface area contributed by atoms with Crippen molar-refractivity contribution in [1.29, 1.82) is 0 Å². The molecule has 2 heterocycles. The van der Waals surface area contributed by atoms with Crippen molar-refractivity contribution in [1.82, 2.24) is 0 Å². The highest BCUT2D eigenvalue weighted by Crippen LogP contribution is 2.89. The Morgan fingerprint density at radius 1 is 0.840 bits per heavy atom. The molecule has 4 saturated carbocycles. The van der Waals surface area contributed by atoms with Gasteiger partial charge in [-0.15, -0.1) is 0 Å². The Morgan fingerprint density at radius 3 is 1.76 bits per heavy atom. The zero-order valence-corrected chi connectivity index (χ0v) is 16.7. The first kappa shape index (κ1) is 16.6. The van der Waals surface area contributed by atoms with Crippen molar-refractivity contribution in [2.75, 3.05) is 0 Å². The summed E-state index contributed by atoms with van der Waals surface area (Å²) in [5, 5.41) is 0.129. The van der Waals surface area contributed by atoms with Gasteiger partial charge >= 0.3 is 13.1 Å². The van der Waals surface area contributed by atoms with Crippen molar-refractivity contribution in [2.45, 2.75) is 103 Å². The quantitative estimate of drug-likeness (QED) is 0.557. The summed E-state index contributed by atoms with van der Waals surface area (Å²) in [7, 11) is -0.122. The summed E-state index contributed by atoms with van der Waals surface area (Å²) in [4.78, 5) is 12.6. The molecule has 2 atom stereocenters. The fourth-order valence-corrected chi connectivity index (χ4v) is 6.98. The fraction of sp³-hybridized carbons (Fsp3) is 0.950. The monoisotopic (exact) mass is 346 g/mol. The van der Waals surface area contributed by atoms with Crippen molar-refractivity contribution < 1.29 is 18.8 Å². The Bertz CT molecular complexity index is 660. The molecule has 4 bridgehead atoms. The molecule has 25 heavy (non-hydrogen) atoms. The number of fused-ring (bicyclic) bond motifs is 2. The zero-order valence-electron chi connectivity index (χ0n) is 16.7. The Kier molecular flexibility index (Phi) is 2.56. The van der Waals surface area contributed by atoms with E-state index in [2.05, 4.69) is 48.5 Å². The molecule has 2 aliphatic heterocycles. The molecule has 0 aromatic carbocycles. The molecule has 0 N–H and O–H groups in total. The molecule has 6 fully saturated rings. The molecule has 0 aromatic heterocycles. The van der Waals surface area contributed by atoms with Gasteiger partial charge in [0.15, 0.2) is 0 Å². The normalized spacial score (nSPS) is 53.4. The molecule has 0 radical (unpaired) electrons. The molecule has 0 unspecified atom stereocenters. The lowest BCUT2D eigenvalue weighted by atomic mass is 9.20. The van der Waals surface area contributed by atoms with Crippen molar-refractivity contribution in [3.63, 3.8) is 0 Å². The van der Waals surface area contributed by atoms with E-state index >= 15 is 0 Å². The topological polar surface area (TPSA) is 44.8 Å². The van der Waals surface area contributed by atoms with E-state index in [1.54, 1.807) is 0 Å². The van der Waals surface area contributed by atoms with Crippen LogP contribution in [0.25, 0.3) is 0 Å². The highest BCUT2D eigenvalue weighted by atomic mass is 16.7. The molecule has 6 rings (SSSR count). The van der Waals surface area contributed by atoms with Gasteiger partial charge in [-0.2, -0.15) is 0 Å². The van der Waals surface area contributed by atoms with Gasteiger partial charge in [0.05, 0.1) is 16.6 Å². The number of carbonyl (C=O) groups excluding carboxylic acids is 1. The molecule has 0 amide bonds. The number of carbonyl (C=O) groups is 1. The summed E-state index contributed by atoms with van der Waals surface area (Å²) in [6, 6.07) is 0. The first-order valence-electron chi connectivity index (χ1n) is 9.86. The van der Waals surface area contributed by atoms with Crippen LogP contribution >= 0.6 is 0 Å². The van der Waals surface area contributed by atoms with E-state index in [-0.39, 0.29) is 51.5 Å². The van der Waals surface area contributed by atoms with Crippen molar-refractivity contribution >= 4 is 13.1 Å². The van der Waals surface area contributed by atoms with Crippen molar-refractivity contribution in [2.24, 2.45) is 16.2 Å². The summed E-state index contributed by atoms with van der Waals surface area (Å²) in [6.45, 7) is 15.1. The Hall–Kier alpha value is -0.545. The van der Waals surface area contributed by atoms with Gasteiger partial charge in [0.2, 0.25) is 0 Å². The molecule has 138 valence electrons. The molecular weight excluding hydrogens is 315 g/mol. The second-order valence-corrected chi connectivity index (χ2v) is 11.4. The van der Waals surface area contributed by atoms with Gasteiger partial charge in [-0.3, -0.25) is 4.79 Å². The van der Waals surface area contributed by atoms with Crippen LogP contribution < -0.4 is 0 Å². The van der Waals surface area contributed by atoms with Gasteiger partial charge in [-0.25, -0.2) is 0 Å². The summed E-state index contributed by atoms with van der Waals surface area (Å²) in [5.74, 6) is 0.0261. The van der Waals surface area contributed by atoms with Gasteiger partial charge in [0.25, 0.3) is 0 Å². The lowest BCUT2D eigenvalue weighted by Crippen LogP contribution is -2.74. The zero-order chi connectivity index (χ0) is 18.3. The standard InChI is InChI=1S/C20H31BO4/c1-14(2)17(7)8-9-20(14,23-13(17)22)18-10-19(11-18,12-18)21-24-15(3,4)16(5,6)25-21/h8-12H2,1-7H3/t17-,18?,19?,20-/m0/s1. The third-order valence-corrected chi connectivity index (χ3v) is 9.76. The molecule has 5 heteroatoms. The summed E-state index contributed by atoms with van der Waals surface area (Å²) >= 11 is 0. The number of hydrogen-bond acceptors (Lipinski definition) is 4.